The number of nitrogens with zero attached hydrogens (tertiary/aromatic N) is 1. The zero-order valence-electron chi connectivity index (χ0n) is 8.61. The first-order valence-electron chi connectivity index (χ1n) is 4.69. The number of pyridine rings is 1. The molecule has 3 nitrogen and oxygen atoms in total. The summed E-state index contributed by atoms with van der Waals surface area (Å²) >= 11 is 0. The van der Waals surface area contributed by atoms with Gasteiger partial charge in [-0.15, -0.1) is 0 Å². The van der Waals surface area contributed by atoms with Crippen molar-refractivity contribution < 1.29 is 9.90 Å². The summed E-state index contributed by atoms with van der Waals surface area (Å²) in [6.07, 6.45) is 0. The molecule has 2 aromatic rings. The number of aromatic carboxylic acids is 1. The van der Waals surface area contributed by atoms with Crippen molar-refractivity contribution in [2.75, 3.05) is 0 Å². The number of rotatable bonds is 1. The van der Waals surface area contributed by atoms with E-state index in [0.717, 1.165) is 22.2 Å². The van der Waals surface area contributed by atoms with Gasteiger partial charge < -0.3 is 5.11 Å². The molecule has 1 heterocycles. The van der Waals surface area contributed by atoms with Gasteiger partial charge in [-0.05, 0) is 43.7 Å². The minimum atomic E-state index is -0.907. The Morgan fingerprint density at radius 2 is 2.00 bits per heavy atom. The third-order valence-corrected chi connectivity index (χ3v) is 2.51. The number of carboxylic acid groups (broad SMARTS) is 1. The maximum absolute atomic E-state index is 10.8. The highest BCUT2D eigenvalue weighted by atomic mass is 16.4. The first-order chi connectivity index (χ1) is 7.08. The van der Waals surface area contributed by atoms with Gasteiger partial charge in [0.25, 0.3) is 0 Å². The Morgan fingerprint density at radius 1 is 1.27 bits per heavy atom. The summed E-state index contributed by atoms with van der Waals surface area (Å²) < 4.78 is 0. The van der Waals surface area contributed by atoms with E-state index in [4.69, 9.17) is 5.11 Å². The summed E-state index contributed by atoms with van der Waals surface area (Å²) in [6, 6.07) is 6.93. The molecule has 0 radical (unpaired) electrons. The normalized spacial score (nSPS) is 10.5. The van der Waals surface area contributed by atoms with Crippen molar-refractivity contribution in [2.45, 2.75) is 13.8 Å². The number of aromatic nitrogens is 1. The zero-order chi connectivity index (χ0) is 11.0. The third kappa shape index (κ3) is 1.68. The van der Waals surface area contributed by atoms with Crippen molar-refractivity contribution >= 4 is 16.9 Å². The standard InChI is InChI=1S/C12H11NO2/c1-7-5-10-6-9(12(14)15)3-4-11(10)13-8(7)2/h3-6H,1-2H3,(H,14,15). The molecule has 0 aliphatic heterocycles. The molecule has 1 aromatic carbocycles. The van der Waals surface area contributed by atoms with Gasteiger partial charge in [-0.3, -0.25) is 4.98 Å². The van der Waals surface area contributed by atoms with Gasteiger partial charge >= 0.3 is 5.97 Å². The average Bonchev–Trinajstić information content (AvgIpc) is 2.19. The van der Waals surface area contributed by atoms with Crippen LogP contribution >= 0.6 is 0 Å². The lowest BCUT2D eigenvalue weighted by Gasteiger charge is -2.03. The van der Waals surface area contributed by atoms with Crippen LogP contribution in [0.2, 0.25) is 0 Å². The molecule has 2 rings (SSSR count). The Balaban J connectivity index is 2.72. The Morgan fingerprint density at radius 3 is 2.67 bits per heavy atom. The van der Waals surface area contributed by atoms with Gasteiger partial charge in [0.05, 0.1) is 11.1 Å². The molecule has 15 heavy (non-hydrogen) atoms. The van der Waals surface area contributed by atoms with E-state index in [1.54, 1.807) is 18.2 Å². The van der Waals surface area contributed by atoms with Crippen LogP contribution in [0.3, 0.4) is 0 Å². The second kappa shape index (κ2) is 3.35. The summed E-state index contributed by atoms with van der Waals surface area (Å²) in [7, 11) is 0. The second-order valence-corrected chi connectivity index (χ2v) is 3.60. The van der Waals surface area contributed by atoms with Crippen molar-refractivity contribution in [3.8, 4) is 0 Å². The Hall–Kier alpha value is -1.90. The van der Waals surface area contributed by atoms with E-state index in [-0.39, 0.29) is 0 Å². The highest BCUT2D eigenvalue weighted by Crippen LogP contribution is 2.17. The molecule has 3 heteroatoms. The van der Waals surface area contributed by atoms with Crippen molar-refractivity contribution in [3.05, 3.63) is 41.1 Å². The molecule has 0 amide bonds. The lowest BCUT2D eigenvalue weighted by molar-refractivity contribution is 0.0697. The fraction of sp³-hybridized carbons (Fsp3) is 0.167. The summed E-state index contributed by atoms with van der Waals surface area (Å²) in [4.78, 5) is 15.2. The number of carboxylic acids is 1. The topological polar surface area (TPSA) is 50.2 Å². The quantitative estimate of drug-likeness (QED) is 0.771. The van der Waals surface area contributed by atoms with Gasteiger partial charge in [0.15, 0.2) is 0 Å². The Bertz CT molecular complexity index is 547. The number of hydrogen-bond acceptors (Lipinski definition) is 2. The average molecular weight is 201 g/mol. The second-order valence-electron chi connectivity index (χ2n) is 3.60. The number of fused-ring (bicyclic) bond motifs is 1. The molecule has 1 aromatic heterocycles. The molecule has 76 valence electrons. The zero-order valence-corrected chi connectivity index (χ0v) is 8.61. The van der Waals surface area contributed by atoms with E-state index in [2.05, 4.69) is 4.98 Å². The van der Waals surface area contributed by atoms with E-state index in [1.165, 1.54) is 0 Å². The Kier molecular flexibility index (Phi) is 2.15. The maximum Gasteiger partial charge on any atom is 0.335 e. The molecule has 0 unspecified atom stereocenters. The highest BCUT2D eigenvalue weighted by Gasteiger charge is 2.05. The molecule has 0 aliphatic carbocycles. The summed E-state index contributed by atoms with van der Waals surface area (Å²) in [6.45, 7) is 3.91. The lowest BCUT2D eigenvalue weighted by atomic mass is 10.1. The molecule has 0 saturated carbocycles. The van der Waals surface area contributed by atoms with E-state index in [1.807, 2.05) is 19.9 Å². The van der Waals surface area contributed by atoms with Crippen LogP contribution in [0.5, 0.6) is 0 Å². The molecule has 0 fully saturated rings. The van der Waals surface area contributed by atoms with E-state index < -0.39 is 5.97 Å². The molecule has 0 bridgehead atoms. The maximum atomic E-state index is 10.8. The van der Waals surface area contributed by atoms with Crippen LogP contribution in [0.25, 0.3) is 10.9 Å². The summed E-state index contributed by atoms with van der Waals surface area (Å²) in [5.41, 5.74) is 3.19. The van der Waals surface area contributed by atoms with Crippen LogP contribution in [0, 0.1) is 13.8 Å². The van der Waals surface area contributed by atoms with E-state index in [9.17, 15) is 4.79 Å². The predicted octanol–water partition coefficient (Wildman–Crippen LogP) is 2.55. The van der Waals surface area contributed by atoms with Crippen LogP contribution in [0.1, 0.15) is 21.6 Å². The minimum Gasteiger partial charge on any atom is -0.478 e. The van der Waals surface area contributed by atoms with Gasteiger partial charge in [0.2, 0.25) is 0 Å². The van der Waals surface area contributed by atoms with Crippen LogP contribution < -0.4 is 0 Å². The molecule has 0 aliphatic rings. The first-order valence-corrected chi connectivity index (χ1v) is 4.69. The number of carbonyl (C=O) groups is 1. The monoisotopic (exact) mass is 201 g/mol. The van der Waals surface area contributed by atoms with Crippen molar-refractivity contribution in [3.63, 3.8) is 0 Å². The Labute approximate surface area is 87.4 Å². The van der Waals surface area contributed by atoms with Crippen LogP contribution in [-0.4, -0.2) is 16.1 Å². The smallest absolute Gasteiger partial charge is 0.335 e. The first kappa shape index (κ1) is 9.65. The van der Waals surface area contributed by atoms with Crippen molar-refractivity contribution in [1.29, 1.82) is 0 Å². The van der Waals surface area contributed by atoms with Gasteiger partial charge in [-0.1, -0.05) is 0 Å². The van der Waals surface area contributed by atoms with Crippen molar-refractivity contribution in [2.24, 2.45) is 0 Å². The molecule has 0 saturated heterocycles. The predicted molar refractivity (Wildman–Crippen MR) is 58.2 cm³/mol. The minimum absolute atomic E-state index is 0.299. The van der Waals surface area contributed by atoms with Gasteiger partial charge in [0.1, 0.15) is 0 Å². The lowest BCUT2D eigenvalue weighted by Crippen LogP contribution is -1.96. The molecular weight excluding hydrogens is 190 g/mol. The number of aryl methyl sites for hydroxylation is 2. The molecular formula is C12H11NO2. The van der Waals surface area contributed by atoms with Crippen LogP contribution in [0.4, 0.5) is 0 Å². The fourth-order valence-corrected chi connectivity index (χ4v) is 1.51. The van der Waals surface area contributed by atoms with E-state index in [0.29, 0.717) is 5.56 Å². The number of hydrogen-bond donors (Lipinski definition) is 1. The SMILES string of the molecule is Cc1cc2cc(C(=O)O)ccc2nc1C. The van der Waals surface area contributed by atoms with E-state index >= 15 is 0 Å². The highest BCUT2D eigenvalue weighted by molar-refractivity contribution is 5.93. The van der Waals surface area contributed by atoms with Crippen molar-refractivity contribution in [1.82, 2.24) is 4.98 Å². The molecule has 0 spiro atoms. The number of benzene rings is 1. The fourth-order valence-electron chi connectivity index (χ4n) is 1.51. The third-order valence-electron chi connectivity index (χ3n) is 2.51. The van der Waals surface area contributed by atoms with Gasteiger partial charge in [0, 0.05) is 11.1 Å². The van der Waals surface area contributed by atoms with Crippen LogP contribution in [-0.2, 0) is 0 Å². The largest absolute Gasteiger partial charge is 0.478 e. The van der Waals surface area contributed by atoms with Gasteiger partial charge in [-0.25, -0.2) is 4.79 Å². The summed E-state index contributed by atoms with van der Waals surface area (Å²) in [5.74, 6) is -0.907. The molecule has 1 N–H and O–H groups in total. The summed E-state index contributed by atoms with van der Waals surface area (Å²) in [5, 5.41) is 9.72. The molecule has 0 atom stereocenters. The van der Waals surface area contributed by atoms with Gasteiger partial charge in [-0.2, -0.15) is 0 Å². The van der Waals surface area contributed by atoms with Crippen LogP contribution in [0.15, 0.2) is 24.3 Å².